The molecule has 1 fully saturated rings. The smallest absolute Gasteiger partial charge is 0.314 e. The second kappa shape index (κ2) is 9.35. The maximum Gasteiger partial charge on any atom is 0.314 e. The summed E-state index contributed by atoms with van der Waals surface area (Å²) in [6, 6.07) is 4.97. The second-order valence-electron chi connectivity index (χ2n) is 6.26. The zero-order valence-corrected chi connectivity index (χ0v) is 13.5. The van der Waals surface area contributed by atoms with Crippen LogP contribution in [0.25, 0.3) is 0 Å². The van der Waals surface area contributed by atoms with Crippen molar-refractivity contribution in [3.05, 3.63) is 34.7 Å². The predicted molar refractivity (Wildman–Crippen MR) is 89.3 cm³/mol. The number of aliphatic hydroxyl groups excluding tert-OH is 1. The van der Waals surface area contributed by atoms with E-state index < -0.39 is 0 Å². The number of hydrogen-bond acceptors (Lipinski definition) is 3. The van der Waals surface area contributed by atoms with Gasteiger partial charge in [-0.1, -0.05) is 12.5 Å². The first-order chi connectivity index (χ1) is 11.1. The van der Waals surface area contributed by atoms with E-state index >= 15 is 0 Å². The van der Waals surface area contributed by atoms with Gasteiger partial charge in [-0.15, -0.1) is 0 Å². The number of carbonyl (C=O) groups excluding carboxylic acids is 1. The number of nitrogens with one attached hydrogen (secondary N) is 2. The molecule has 1 aromatic heterocycles. The summed E-state index contributed by atoms with van der Waals surface area (Å²) in [6.07, 6.45) is 7.02. The molecule has 6 nitrogen and oxygen atoms in total. The van der Waals surface area contributed by atoms with E-state index in [1.54, 1.807) is 22.9 Å². The molecule has 0 aliphatic heterocycles. The van der Waals surface area contributed by atoms with E-state index in [0.29, 0.717) is 25.6 Å². The molecule has 2 rings (SSSR count). The molecule has 2 atom stereocenters. The van der Waals surface area contributed by atoms with E-state index in [1.807, 2.05) is 6.07 Å². The lowest BCUT2D eigenvalue weighted by molar-refractivity contribution is 0.101. The van der Waals surface area contributed by atoms with Crippen molar-refractivity contribution >= 4 is 6.03 Å². The van der Waals surface area contributed by atoms with E-state index in [1.165, 1.54) is 0 Å². The van der Waals surface area contributed by atoms with Crippen molar-refractivity contribution in [3.8, 4) is 0 Å². The molecule has 1 aliphatic rings. The van der Waals surface area contributed by atoms with Crippen LogP contribution in [0, 0.1) is 5.92 Å². The third-order valence-corrected chi connectivity index (χ3v) is 4.32. The Morgan fingerprint density at radius 3 is 2.91 bits per heavy atom. The highest BCUT2D eigenvalue weighted by Crippen LogP contribution is 2.23. The number of unbranched alkanes of at least 4 members (excludes halogenated alkanes) is 1. The first-order valence-electron chi connectivity index (χ1n) is 8.50. The maximum absolute atomic E-state index is 11.7. The summed E-state index contributed by atoms with van der Waals surface area (Å²) in [5, 5.41) is 15.3. The average molecular weight is 321 g/mol. The quantitative estimate of drug-likeness (QED) is 0.665. The summed E-state index contributed by atoms with van der Waals surface area (Å²) in [5.41, 5.74) is 0.00729. The van der Waals surface area contributed by atoms with Crippen LogP contribution in [0.5, 0.6) is 0 Å². The van der Waals surface area contributed by atoms with Gasteiger partial charge in [0.2, 0.25) is 5.56 Å². The molecule has 3 N–H and O–H groups in total. The van der Waals surface area contributed by atoms with Crippen LogP contribution in [0.2, 0.25) is 0 Å². The largest absolute Gasteiger partial charge is 0.393 e. The molecule has 1 aromatic rings. The third kappa shape index (κ3) is 6.44. The molecule has 0 bridgehead atoms. The van der Waals surface area contributed by atoms with Gasteiger partial charge in [-0.3, -0.25) is 4.79 Å². The van der Waals surface area contributed by atoms with Gasteiger partial charge in [0.1, 0.15) is 0 Å². The molecule has 6 heteroatoms. The van der Waals surface area contributed by atoms with Crippen LogP contribution >= 0.6 is 0 Å². The minimum atomic E-state index is -0.208. The Hall–Kier alpha value is -1.82. The van der Waals surface area contributed by atoms with E-state index in [9.17, 15) is 14.7 Å². The van der Waals surface area contributed by atoms with Crippen LogP contribution in [-0.4, -0.2) is 34.9 Å². The number of rotatable bonds is 7. The molecule has 1 aliphatic carbocycles. The van der Waals surface area contributed by atoms with Crippen molar-refractivity contribution in [2.24, 2.45) is 5.92 Å². The Balaban J connectivity index is 1.53. The van der Waals surface area contributed by atoms with Crippen molar-refractivity contribution in [1.82, 2.24) is 15.2 Å². The normalized spacial score (nSPS) is 20.9. The second-order valence-corrected chi connectivity index (χ2v) is 6.26. The summed E-state index contributed by atoms with van der Waals surface area (Å²) in [6.45, 7) is 1.89. The van der Waals surface area contributed by atoms with Gasteiger partial charge in [0.15, 0.2) is 0 Å². The molecule has 128 valence electrons. The highest BCUT2D eigenvalue weighted by molar-refractivity contribution is 5.73. The Kier molecular flexibility index (Phi) is 7.13. The lowest BCUT2D eigenvalue weighted by Gasteiger charge is -2.25. The summed E-state index contributed by atoms with van der Waals surface area (Å²) in [7, 11) is 0. The lowest BCUT2D eigenvalue weighted by Crippen LogP contribution is -2.40. The van der Waals surface area contributed by atoms with Crippen molar-refractivity contribution in [3.63, 3.8) is 0 Å². The van der Waals surface area contributed by atoms with Crippen LogP contribution < -0.4 is 16.2 Å². The van der Waals surface area contributed by atoms with E-state index in [-0.39, 0.29) is 17.7 Å². The molecular weight excluding hydrogens is 294 g/mol. The van der Waals surface area contributed by atoms with Crippen LogP contribution in [-0.2, 0) is 6.54 Å². The van der Waals surface area contributed by atoms with Crippen molar-refractivity contribution in [1.29, 1.82) is 0 Å². The molecule has 0 radical (unpaired) electrons. The molecular formula is C17H27N3O3. The monoisotopic (exact) mass is 321 g/mol. The van der Waals surface area contributed by atoms with Gasteiger partial charge in [-0.2, -0.15) is 0 Å². The minimum absolute atomic E-state index is 0.00729. The number of urea groups is 1. The lowest BCUT2D eigenvalue weighted by atomic mass is 9.87. The van der Waals surface area contributed by atoms with Gasteiger partial charge in [0.25, 0.3) is 0 Å². The number of hydrogen-bond donors (Lipinski definition) is 3. The van der Waals surface area contributed by atoms with E-state index in [4.69, 9.17) is 0 Å². The zero-order valence-electron chi connectivity index (χ0n) is 13.5. The predicted octanol–water partition coefficient (Wildman–Crippen LogP) is 1.48. The average Bonchev–Trinajstić information content (AvgIpc) is 2.54. The minimum Gasteiger partial charge on any atom is -0.393 e. The van der Waals surface area contributed by atoms with Gasteiger partial charge in [-0.25, -0.2) is 4.79 Å². The molecule has 0 spiro atoms. The van der Waals surface area contributed by atoms with Crippen LogP contribution in [0.1, 0.15) is 38.5 Å². The Labute approximate surface area is 136 Å². The fraction of sp³-hybridized carbons (Fsp3) is 0.647. The van der Waals surface area contributed by atoms with E-state index in [2.05, 4.69) is 10.6 Å². The number of aliphatic hydroxyl groups is 1. The van der Waals surface area contributed by atoms with Crippen molar-refractivity contribution in [2.75, 3.05) is 13.1 Å². The first kappa shape index (κ1) is 17.5. The highest BCUT2D eigenvalue weighted by atomic mass is 16.3. The molecule has 2 amide bonds. The number of nitrogens with zero attached hydrogens (tertiary/aromatic N) is 1. The SMILES string of the molecule is O=C(NCCCCn1ccccc1=O)NCC1CCCC(O)C1. The van der Waals surface area contributed by atoms with E-state index in [0.717, 1.165) is 38.5 Å². The van der Waals surface area contributed by atoms with Gasteiger partial charge in [0.05, 0.1) is 6.10 Å². The molecule has 0 aromatic carbocycles. The summed E-state index contributed by atoms with van der Waals surface area (Å²) >= 11 is 0. The zero-order chi connectivity index (χ0) is 16.5. The molecule has 2 unspecified atom stereocenters. The fourth-order valence-corrected chi connectivity index (χ4v) is 3.00. The molecule has 23 heavy (non-hydrogen) atoms. The van der Waals surface area contributed by atoms with Gasteiger partial charge < -0.3 is 20.3 Å². The summed E-state index contributed by atoms with van der Waals surface area (Å²) < 4.78 is 1.68. The van der Waals surface area contributed by atoms with Crippen LogP contribution in [0.4, 0.5) is 4.79 Å². The standard InChI is InChI=1S/C17H27N3O3/c21-15-7-5-6-14(12-15)13-19-17(23)18-9-2-4-11-20-10-3-1-8-16(20)22/h1,3,8,10,14-15,21H,2,4-7,9,11-13H2,(H2,18,19,23). The number of amides is 2. The summed E-state index contributed by atoms with van der Waals surface area (Å²) in [4.78, 5) is 23.2. The van der Waals surface area contributed by atoms with Crippen LogP contribution in [0.3, 0.4) is 0 Å². The number of aryl methyl sites for hydroxylation is 1. The number of carbonyl (C=O) groups is 1. The van der Waals surface area contributed by atoms with Crippen LogP contribution in [0.15, 0.2) is 29.2 Å². The topological polar surface area (TPSA) is 83.4 Å². The Morgan fingerprint density at radius 1 is 1.26 bits per heavy atom. The highest BCUT2D eigenvalue weighted by Gasteiger charge is 2.20. The van der Waals surface area contributed by atoms with Gasteiger partial charge in [-0.05, 0) is 44.1 Å². The Morgan fingerprint density at radius 2 is 2.13 bits per heavy atom. The van der Waals surface area contributed by atoms with Gasteiger partial charge in [0, 0.05) is 31.9 Å². The third-order valence-electron chi connectivity index (χ3n) is 4.32. The number of pyridine rings is 1. The number of aromatic nitrogens is 1. The van der Waals surface area contributed by atoms with Gasteiger partial charge >= 0.3 is 6.03 Å². The fourth-order valence-electron chi connectivity index (χ4n) is 3.00. The molecule has 1 heterocycles. The molecule has 0 saturated heterocycles. The Bertz CT molecular complexity index is 544. The summed E-state index contributed by atoms with van der Waals surface area (Å²) in [5.74, 6) is 0.384. The van der Waals surface area contributed by atoms with Crippen molar-refractivity contribution in [2.45, 2.75) is 51.2 Å². The maximum atomic E-state index is 11.7. The molecule has 1 saturated carbocycles. The first-order valence-corrected chi connectivity index (χ1v) is 8.50. The van der Waals surface area contributed by atoms with Crippen molar-refractivity contribution < 1.29 is 9.90 Å².